The Kier molecular flexibility index (Phi) is 20.7. The summed E-state index contributed by atoms with van der Waals surface area (Å²) >= 11 is 11.6. The summed E-state index contributed by atoms with van der Waals surface area (Å²) in [7, 11) is 0. The Morgan fingerprint density at radius 1 is 0.750 bits per heavy atom. The van der Waals surface area contributed by atoms with Crippen molar-refractivity contribution < 1.29 is 38.9 Å². The first-order valence-corrected chi connectivity index (χ1v) is 17.4. The molecule has 0 aromatic carbocycles. The Morgan fingerprint density at radius 3 is 1.43 bits per heavy atom. The van der Waals surface area contributed by atoms with E-state index in [1.54, 1.807) is 64.2 Å². The first-order valence-electron chi connectivity index (χ1n) is 14.8. The summed E-state index contributed by atoms with van der Waals surface area (Å²) in [6.45, 7) is 12.2. The molecule has 2 aromatic rings. The van der Waals surface area contributed by atoms with Crippen LogP contribution in [-0.4, -0.2) is 49.9 Å². The Morgan fingerprint density at radius 2 is 1.14 bits per heavy atom. The number of thiol groups is 2. The summed E-state index contributed by atoms with van der Waals surface area (Å²) in [6.07, 6.45) is 6.24. The third kappa shape index (κ3) is 20.1. The number of hydrogen-bond acceptors (Lipinski definition) is 10. The van der Waals surface area contributed by atoms with Crippen LogP contribution in [0.15, 0.2) is 35.0 Å². The zero-order valence-corrected chi connectivity index (χ0v) is 30.3. The molecule has 8 nitrogen and oxygen atoms in total. The number of carbonyl (C=O) groups excluding carboxylic acids is 2. The second-order valence-electron chi connectivity index (χ2n) is 11.6. The predicted octanol–water partition coefficient (Wildman–Crippen LogP) is 8.20. The lowest BCUT2D eigenvalue weighted by Crippen LogP contribution is -2.37. The quantitative estimate of drug-likeness (QED) is 0.0601. The molecule has 0 aliphatic carbocycles. The van der Waals surface area contributed by atoms with E-state index < -0.39 is 39.7 Å². The van der Waals surface area contributed by atoms with Gasteiger partial charge < -0.3 is 19.7 Å². The number of carbonyl (C=O) groups is 4. The minimum Gasteiger partial charge on any atom is -0.481 e. The Hall–Kier alpha value is -2.02. The van der Waals surface area contributed by atoms with E-state index >= 15 is 0 Å². The molecule has 2 N–H and O–H groups in total. The van der Waals surface area contributed by atoms with Crippen molar-refractivity contribution in [1.82, 2.24) is 0 Å². The van der Waals surface area contributed by atoms with Crippen LogP contribution in [0.3, 0.4) is 0 Å². The molecule has 0 saturated carbocycles. The minimum atomic E-state index is -0.927. The van der Waals surface area contributed by atoms with Crippen molar-refractivity contribution in [2.75, 3.05) is 0 Å². The fraction of sp³-hybridized carbons (Fsp3) is 0.625. The van der Waals surface area contributed by atoms with Crippen LogP contribution in [0.1, 0.15) is 96.7 Å². The summed E-state index contributed by atoms with van der Waals surface area (Å²) in [5, 5.41) is 21.1. The third-order valence-corrected chi connectivity index (χ3v) is 8.20. The molecule has 0 fully saturated rings. The van der Waals surface area contributed by atoms with E-state index in [1.807, 2.05) is 35.0 Å². The van der Waals surface area contributed by atoms with Crippen LogP contribution < -0.4 is 0 Å². The van der Waals surface area contributed by atoms with E-state index in [1.165, 1.54) is 6.42 Å². The van der Waals surface area contributed by atoms with E-state index in [2.05, 4.69) is 32.2 Å². The highest BCUT2D eigenvalue weighted by atomic mass is 32.1. The number of aliphatic carboxylic acids is 2. The van der Waals surface area contributed by atoms with Gasteiger partial charge in [0.15, 0.2) is 0 Å². The van der Waals surface area contributed by atoms with E-state index in [0.717, 1.165) is 35.4 Å². The van der Waals surface area contributed by atoms with Crippen molar-refractivity contribution in [3.8, 4) is 0 Å². The second kappa shape index (κ2) is 21.7. The zero-order valence-electron chi connectivity index (χ0n) is 26.9. The lowest BCUT2D eigenvalue weighted by atomic mass is 10.1. The maximum Gasteiger partial charge on any atom is 0.324 e. The van der Waals surface area contributed by atoms with E-state index in [4.69, 9.17) is 19.7 Å². The molecule has 250 valence electrons. The first kappa shape index (κ1) is 42.0. The molecule has 2 aromatic heterocycles. The number of rotatable bonds is 16. The van der Waals surface area contributed by atoms with Crippen LogP contribution in [0.5, 0.6) is 0 Å². The number of unbranched alkanes of at least 4 members (excludes halogenated alkanes) is 4. The van der Waals surface area contributed by atoms with Gasteiger partial charge in [-0.15, -0.1) is 22.7 Å². The lowest BCUT2D eigenvalue weighted by molar-refractivity contribution is -0.191. The Labute approximate surface area is 281 Å². The van der Waals surface area contributed by atoms with E-state index in [0.29, 0.717) is 19.3 Å². The van der Waals surface area contributed by atoms with E-state index in [9.17, 15) is 19.2 Å². The van der Waals surface area contributed by atoms with Crippen LogP contribution in [0.25, 0.3) is 0 Å². The van der Waals surface area contributed by atoms with Gasteiger partial charge in [-0.25, -0.2) is 0 Å². The van der Waals surface area contributed by atoms with Crippen molar-refractivity contribution in [2.45, 2.75) is 116 Å². The van der Waals surface area contributed by atoms with Crippen molar-refractivity contribution in [3.63, 3.8) is 0 Å². The highest BCUT2D eigenvalue weighted by Gasteiger charge is 2.32. The van der Waals surface area contributed by atoms with Crippen LogP contribution in [0.4, 0.5) is 0 Å². The Balaban J connectivity index is 0.000000697. The topological polar surface area (TPSA) is 127 Å². The Bertz CT molecular complexity index is 1010. The van der Waals surface area contributed by atoms with Gasteiger partial charge in [-0.2, -0.15) is 25.3 Å². The van der Waals surface area contributed by atoms with E-state index in [-0.39, 0.29) is 11.8 Å². The van der Waals surface area contributed by atoms with Crippen molar-refractivity contribution in [2.24, 2.45) is 11.8 Å². The predicted molar refractivity (Wildman–Crippen MR) is 185 cm³/mol. The van der Waals surface area contributed by atoms with Gasteiger partial charge in [0.1, 0.15) is 9.49 Å². The van der Waals surface area contributed by atoms with Crippen LogP contribution in [0, 0.1) is 11.8 Å². The normalized spacial score (nSPS) is 12.6. The molecular weight excluding hydrogens is 641 g/mol. The molecule has 0 saturated heterocycles. The number of ether oxygens (including phenoxy) is 2. The molecule has 0 bridgehead atoms. The molecule has 0 amide bonds. The molecule has 2 unspecified atom stereocenters. The average molecular weight is 691 g/mol. The molecule has 44 heavy (non-hydrogen) atoms. The number of carboxylic acid groups (broad SMARTS) is 2. The number of thiophene rings is 2. The number of carboxylic acids is 2. The first-order chi connectivity index (χ1) is 20.4. The largest absolute Gasteiger partial charge is 0.481 e. The van der Waals surface area contributed by atoms with Gasteiger partial charge in [0.25, 0.3) is 0 Å². The van der Waals surface area contributed by atoms with Crippen molar-refractivity contribution in [1.29, 1.82) is 0 Å². The highest BCUT2D eigenvalue weighted by molar-refractivity contribution is 7.82. The third-order valence-electron chi connectivity index (χ3n) is 6.04. The SMILES string of the molecule is CC(Cc1cccs1)C(=O)O.CC(Cc1cccs1)C(=O)O.CCCCCCCC(OC(=O)C(C)(C)S)OC(=O)C(C)(C)S. The average Bonchev–Trinajstić information content (AvgIpc) is 3.62. The monoisotopic (exact) mass is 690 g/mol. The number of esters is 2. The van der Waals surface area contributed by atoms with Crippen molar-refractivity contribution >= 4 is 71.8 Å². The van der Waals surface area contributed by atoms with Gasteiger partial charge in [0.05, 0.1) is 11.8 Å². The second-order valence-corrected chi connectivity index (χ2v) is 15.9. The molecule has 2 heterocycles. The molecule has 2 atom stereocenters. The molecular formula is C32H50O8S4. The highest BCUT2D eigenvalue weighted by Crippen LogP contribution is 2.21. The molecule has 12 heteroatoms. The lowest BCUT2D eigenvalue weighted by Gasteiger charge is -2.25. The summed E-state index contributed by atoms with van der Waals surface area (Å²) in [4.78, 5) is 47.0. The van der Waals surface area contributed by atoms with Gasteiger partial charge >= 0.3 is 23.9 Å². The standard InChI is InChI=1S/C16H30O4S2.2C8H10O2S/c1-6-7-8-9-10-11-12(19-13(17)15(2,3)21)20-14(18)16(4,5)22;2*1-6(8(9)10)5-7-3-2-4-11-7/h12,21-22H,6-11H2,1-5H3;2*2-4,6H,5H2,1H3,(H,9,10). The maximum absolute atomic E-state index is 11.9. The van der Waals surface area contributed by atoms with Crippen LogP contribution >= 0.6 is 47.9 Å². The van der Waals surface area contributed by atoms with Gasteiger partial charge in [-0.3, -0.25) is 19.2 Å². The zero-order chi connectivity index (χ0) is 33.9. The summed E-state index contributed by atoms with van der Waals surface area (Å²) in [5.41, 5.74) is 0. The van der Waals surface area contributed by atoms with Gasteiger partial charge in [-0.05, 0) is 69.9 Å². The summed E-state index contributed by atoms with van der Waals surface area (Å²) in [5.74, 6) is -2.99. The molecule has 0 radical (unpaired) electrons. The van der Waals surface area contributed by atoms with Gasteiger partial charge in [0, 0.05) is 16.2 Å². The number of hydrogen-bond donors (Lipinski definition) is 4. The smallest absolute Gasteiger partial charge is 0.324 e. The minimum absolute atomic E-state index is 0.270. The van der Waals surface area contributed by atoms with Crippen molar-refractivity contribution in [3.05, 3.63) is 44.8 Å². The van der Waals surface area contributed by atoms with Gasteiger partial charge in [0.2, 0.25) is 6.29 Å². The fourth-order valence-corrected chi connectivity index (χ4v) is 5.00. The van der Waals surface area contributed by atoms with Gasteiger partial charge in [-0.1, -0.05) is 58.6 Å². The molecule has 0 aliphatic rings. The van der Waals surface area contributed by atoms with Crippen LogP contribution in [0.2, 0.25) is 0 Å². The summed E-state index contributed by atoms with van der Waals surface area (Å²) < 4.78 is 8.74. The van der Waals surface area contributed by atoms with Crippen LogP contribution in [-0.2, 0) is 41.5 Å². The maximum atomic E-state index is 11.9. The fourth-order valence-electron chi connectivity index (χ4n) is 3.22. The molecule has 0 aliphatic heterocycles. The summed E-state index contributed by atoms with van der Waals surface area (Å²) in [6, 6.07) is 7.80. The molecule has 0 spiro atoms. The molecule has 2 rings (SSSR count).